The van der Waals surface area contributed by atoms with E-state index in [1.807, 2.05) is 6.08 Å². The van der Waals surface area contributed by atoms with Gasteiger partial charge >= 0.3 is 0 Å². The number of allylic oxidation sites excluding steroid dienone is 21. The van der Waals surface area contributed by atoms with Crippen LogP contribution in [0.15, 0.2) is 134 Å². The smallest absolute Gasteiger partial charge is 0.220 e. The van der Waals surface area contributed by atoms with Gasteiger partial charge in [0.05, 0.1) is 38.6 Å². The van der Waals surface area contributed by atoms with Gasteiger partial charge in [-0.1, -0.05) is 347 Å². The summed E-state index contributed by atoms with van der Waals surface area (Å²) in [6.45, 7) is 1.63. The second-order valence-electron chi connectivity index (χ2n) is 31.3. The molecule has 3 aliphatic rings. The van der Waals surface area contributed by atoms with Crippen molar-refractivity contribution in [3.63, 3.8) is 0 Å². The van der Waals surface area contributed by atoms with Crippen LogP contribution in [0.4, 0.5) is 0 Å². The van der Waals surface area contributed by atoms with E-state index in [1.54, 1.807) is 6.08 Å². The van der Waals surface area contributed by atoms with E-state index in [0.717, 1.165) is 109 Å². The summed E-state index contributed by atoms with van der Waals surface area (Å²) >= 11 is 0. The Morgan fingerprint density at radius 2 is 0.619 bits per heavy atom. The molecule has 650 valence electrons. The fourth-order valence-corrected chi connectivity index (χ4v) is 14.3. The average Bonchev–Trinajstić information content (AvgIpc) is 0.780. The molecule has 3 aliphatic heterocycles. The topological polar surface area (TPSA) is 307 Å². The molecule has 3 heterocycles. The molecule has 0 aliphatic carbocycles. The summed E-state index contributed by atoms with van der Waals surface area (Å²) in [6, 6.07) is -1.00. The van der Waals surface area contributed by atoms with Gasteiger partial charge in [-0.15, -0.1) is 0 Å². The molecule has 0 aromatic rings. The number of aliphatic hydroxyl groups is 11. The summed E-state index contributed by atoms with van der Waals surface area (Å²) in [5.74, 6) is -0.290. The SMILES string of the molecule is CC/C=C\C/C=C\C/C=C\C/C=C\C/C=C\C/C=C\C/C=C\C/C=C\C/C=C\CCCCCCCCCCCCCC(=O)NC(COC1OC(CO)C(OC2OC(CO)C(OC3OC(CO)C(O)C(O)C3O)C(O)C2O)C(O)C1O)C(O)/C=C/CC/C=C/CCCCCCCCCCCCCCCCCCCCCCCCC. The van der Waals surface area contributed by atoms with Crippen LogP contribution < -0.4 is 5.32 Å². The van der Waals surface area contributed by atoms with Gasteiger partial charge in [-0.05, 0) is 103 Å². The minimum Gasteiger partial charge on any atom is -0.394 e. The van der Waals surface area contributed by atoms with Crippen molar-refractivity contribution in [2.45, 2.75) is 426 Å². The highest BCUT2D eigenvalue weighted by Crippen LogP contribution is 2.33. The van der Waals surface area contributed by atoms with Crippen LogP contribution in [-0.4, -0.2) is 193 Å². The molecule has 17 atom stereocenters. The quantitative estimate of drug-likeness (QED) is 0.0199. The summed E-state index contributed by atoms with van der Waals surface area (Å²) in [6.07, 6.45) is 77.3. The molecule has 0 aromatic heterocycles. The molecule has 12 N–H and O–H groups in total. The van der Waals surface area contributed by atoms with Crippen molar-refractivity contribution in [3.05, 3.63) is 134 Å². The Morgan fingerprint density at radius 3 is 0.991 bits per heavy atom. The minimum atomic E-state index is -1.99. The van der Waals surface area contributed by atoms with Gasteiger partial charge in [0.1, 0.15) is 73.2 Å². The third kappa shape index (κ3) is 50.5. The standard InChI is InChI=1S/C94H161NO18/c1-3-5-7-9-11-13-15-17-19-21-23-25-27-29-31-33-34-35-36-37-38-39-40-41-42-44-46-48-50-52-54-56-58-60-62-64-66-68-70-72-82(100)95-77(78(99)71-69-67-65-63-61-59-57-55-53-51-49-47-45-43-32-30-28-26-24-22-20-18-16-14-12-10-8-6-4-2)76-108-92-88(106)85(103)90(80(74-97)110-92)113-94-89(107)86(104)91(81(75-98)111-94)112-93-87(105)84(102)83(101)79(73-96)109-93/h5,7,11,13,17,19,23,25,29,31,34-35,37-38,40-41,44,46,61,63,69,71,77-81,83-94,96-99,101-107H,3-4,6,8-10,12,14-16,18,20-22,24,26-28,30,32-33,36,39,42-43,45,47-60,62,64-68,70,72-76H2,1-2H3,(H,95,100)/b7-5-,13-11-,19-17-,25-23-,31-29-,35-34-,38-37-,41-40-,46-44-,63-61+,71-69+. The van der Waals surface area contributed by atoms with Crippen molar-refractivity contribution in [1.82, 2.24) is 5.32 Å². The van der Waals surface area contributed by atoms with Crippen LogP contribution in [0.1, 0.15) is 322 Å². The van der Waals surface area contributed by atoms with E-state index in [2.05, 4.69) is 141 Å². The number of unbranched alkanes of at least 4 members (excludes halogenated alkanes) is 35. The molecule has 19 heteroatoms. The van der Waals surface area contributed by atoms with Gasteiger partial charge < -0.3 is 89.9 Å². The van der Waals surface area contributed by atoms with E-state index in [-0.39, 0.29) is 18.9 Å². The Kier molecular flexibility index (Phi) is 65.7. The molecule has 3 fully saturated rings. The highest BCUT2D eigenvalue weighted by atomic mass is 16.8. The molecule has 19 nitrogen and oxygen atoms in total. The molecule has 0 spiro atoms. The molecule has 1 amide bonds. The second-order valence-corrected chi connectivity index (χ2v) is 31.3. The van der Waals surface area contributed by atoms with E-state index < -0.39 is 124 Å². The zero-order chi connectivity index (χ0) is 81.7. The van der Waals surface area contributed by atoms with Gasteiger partial charge in [-0.3, -0.25) is 4.79 Å². The van der Waals surface area contributed by atoms with Crippen LogP contribution in [0.3, 0.4) is 0 Å². The lowest BCUT2D eigenvalue weighted by Crippen LogP contribution is -2.66. The van der Waals surface area contributed by atoms with E-state index in [1.165, 1.54) is 180 Å². The number of hydrogen-bond donors (Lipinski definition) is 12. The largest absolute Gasteiger partial charge is 0.394 e. The summed E-state index contributed by atoms with van der Waals surface area (Å²) in [7, 11) is 0. The lowest BCUT2D eigenvalue weighted by atomic mass is 9.96. The van der Waals surface area contributed by atoms with Crippen LogP contribution in [-0.2, 0) is 33.2 Å². The van der Waals surface area contributed by atoms with Crippen molar-refractivity contribution in [3.8, 4) is 0 Å². The van der Waals surface area contributed by atoms with E-state index in [4.69, 9.17) is 28.4 Å². The summed E-state index contributed by atoms with van der Waals surface area (Å²) < 4.78 is 34.5. The Balaban J connectivity index is 1.34. The van der Waals surface area contributed by atoms with Crippen molar-refractivity contribution >= 4 is 5.91 Å². The van der Waals surface area contributed by atoms with Crippen molar-refractivity contribution in [2.75, 3.05) is 26.4 Å². The van der Waals surface area contributed by atoms with Gasteiger partial charge in [0.25, 0.3) is 0 Å². The first-order valence-corrected chi connectivity index (χ1v) is 44.9. The molecule has 0 aromatic carbocycles. The highest BCUT2D eigenvalue weighted by molar-refractivity contribution is 5.76. The van der Waals surface area contributed by atoms with E-state index >= 15 is 0 Å². The van der Waals surface area contributed by atoms with Crippen LogP contribution in [0.25, 0.3) is 0 Å². The normalized spacial score (nSPS) is 25.5. The van der Waals surface area contributed by atoms with E-state index in [9.17, 15) is 61.0 Å². The molecule has 3 rings (SSSR count). The fraction of sp³-hybridized carbons (Fsp3) is 0.755. The number of amides is 1. The Morgan fingerprint density at radius 1 is 0.327 bits per heavy atom. The maximum absolute atomic E-state index is 13.5. The Hall–Kier alpha value is -4.07. The number of carbonyl (C=O) groups is 1. The maximum Gasteiger partial charge on any atom is 0.220 e. The number of aliphatic hydroxyl groups excluding tert-OH is 11. The fourth-order valence-electron chi connectivity index (χ4n) is 14.3. The summed E-state index contributed by atoms with van der Waals surface area (Å²) in [5, 5.41) is 121. The molecule has 113 heavy (non-hydrogen) atoms. The highest BCUT2D eigenvalue weighted by Gasteiger charge is 2.54. The Labute approximate surface area is 683 Å². The third-order valence-corrected chi connectivity index (χ3v) is 21.4. The second kappa shape index (κ2) is 72.0. The zero-order valence-corrected chi connectivity index (χ0v) is 70.1. The molecule has 0 bridgehead atoms. The molecule has 0 radical (unpaired) electrons. The van der Waals surface area contributed by atoms with Gasteiger partial charge in [-0.25, -0.2) is 0 Å². The predicted molar refractivity (Wildman–Crippen MR) is 456 cm³/mol. The van der Waals surface area contributed by atoms with E-state index in [0.29, 0.717) is 12.8 Å². The van der Waals surface area contributed by atoms with Gasteiger partial charge in [0.15, 0.2) is 18.9 Å². The number of carbonyl (C=O) groups excluding carboxylic acids is 1. The number of nitrogens with one attached hydrogen (secondary N) is 1. The van der Waals surface area contributed by atoms with Crippen LogP contribution >= 0.6 is 0 Å². The van der Waals surface area contributed by atoms with Crippen LogP contribution in [0.5, 0.6) is 0 Å². The van der Waals surface area contributed by atoms with Crippen molar-refractivity contribution in [2.24, 2.45) is 0 Å². The minimum absolute atomic E-state index is 0.224. The van der Waals surface area contributed by atoms with Gasteiger partial charge in [0.2, 0.25) is 5.91 Å². The third-order valence-electron chi connectivity index (χ3n) is 21.4. The Bertz CT molecular complexity index is 2560. The first-order valence-electron chi connectivity index (χ1n) is 44.9. The number of hydrogen-bond acceptors (Lipinski definition) is 18. The summed E-state index contributed by atoms with van der Waals surface area (Å²) in [4.78, 5) is 13.5. The molecule has 17 unspecified atom stereocenters. The molecular weight excluding hydrogens is 1430 g/mol. The average molecular weight is 1590 g/mol. The first-order chi connectivity index (χ1) is 55.3. The summed E-state index contributed by atoms with van der Waals surface area (Å²) in [5.41, 5.74) is 0. The maximum atomic E-state index is 13.5. The lowest BCUT2D eigenvalue weighted by Gasteiger charge is -2.48. The number of ether oxygens (including phenoxy) is 6. The molecular formula is C94H161NO18. The zero-order valence-electron chi connectivity index (χ0n) is 70.1. The molecule has 3 saturated heterocycles. The van der Waals surface area contributed by atoms with Crippen LogP contribution in [0.2, 0.25) is 0 Å². The van der Waals surface area contributed by atoms with Gasteiger partial charge in [0, 0.05) is 6.42 Å². The first kappa shape index (κ1) is 103. The van der Waals surface area contributed by atoms with Crippen molar-refractivity contribution in [1.29, 1.82) is 0 Å². The lowest BCUT2D eigenvalue weighted by molar-refractivity contribution is -0.379. The monoisotopic (exact) mass is 1590 g/mol. The predicted octanol–water partition coefficient (Wildman–Crippen LogP) is 17.2. The van der Waals surface area contributed by atoms with Crippen molar-refractivity contribution < 1.29 is 89.4 Å². The molecule has 0 saturated carbocycles. The number of rotatable bonds is 71. The van der Waals surface area contributed by atoms with Gasteiger partial charge in [-0.2, -0.15) is 0 Å². The van der Waals surface area contributed by atoms with Crippen LogP contribution in [0, 0.1) is 0 Å².